The second-order valence-corrected chi connectivity index (χ2v) is 14.3. The number of carboxylic acids is 1. The normalized spacial score (nSPS) is 14.5. The van der Waals surface area contributed by atoms with Gasteiger partial charge in [-0.1, -0.05) is 85.3 Å². The van der Waals surface area contributed by atoms with Crippen molar-refractivity contribution in [2.45, 2.75) is 55.9 Å². The van der Waals surface area contributed by atoms with Crippen LogP contribution in [0.2, 0.25) is 5.02 Å². The summed E-state index contributed by atoms with van der Waals surface area (Å²) < 4.78 is 15.2. The molecule has 2 unspecified atom stereocenters. The number of rotatable bonds is 12. The van der Waals surface area contributed by atoms with E-state index in [0.29, 0.717) is 47.8 Å². The summed E-state index contributed by atoms with van der Waals surface area (Å²) in [5.74, 6) is -0.0466. The second-order valence-electron chi connectivity index (χ2n) is 12.4. The fourth-order valence-corrected chi connectivity index (χ4v) is 8.00. The minimum atomic E-state index is -0.875. The topological polar surface area (TPSA) is 73.6 Å². The van der Waals surface area contributed by atoms with Crippen molar-refractivity contribution in [2.75, 3.05) is 6.61 Å². The largest absolute Gasteiger partial charge is 0.493 e. The molecule has 7 rings (SSSR count). The van der Waals surface area contributed by atoms with E-state index >= 15 is 0 Å². The molecule has 0 radical (unpaired) electrons. The SMILES string of the molecule is CC1Cc2c(OCc3ccc(-c4ccccc4)cn3)ccc3c2c(c(CCOc2ccccc2C(C)C(=O)O)n3Cc2ccc(Cl)cc2)S1. The number of aromatic nitrogens is 2. The standard InChI is InChI=1S/C41H37ClN2O4S/c1-26-22-34-38(48-25-32-17-14-30(23-43-32)29-8-4-3-5-9-29)19-18-35-39(34)40(49-26)36(44(35)24-28-12-15-31(42)16-13-28)20-21-47-37-11-7-6-10-33(37)27(2)41(45)46/h3-19,23,26-27H,20-22,24-25H2,1-2H3,(H,45,46). The van der Waals surface area contributed by atoms with Crippen LogP contribution in [0.25, 0.3) is 22.0 Å². The van der Waals surface area contributed by atoms with Gasteiger partial charge >= 0.3 is 5.97 Å². The lowest BCUT2D eigenvalue weighted by Gasteiger charge is -2.22. The molecule has 2 aromatic heterocycles. The maximum Gasteiger partial charge on any atom is 0.310 e. The molecule has 49 heavy (non-hydrogen) atoms. The molecule has 0 fully saturated rings. The first kappa shape index (κ1) is 32.8. The molecule has 0 amide bonds. The Morgan fingerprint density at radius 1 is 0.939 bits per heavy atom. The van der Waals surface area contributed by atoms with Crippen LogP contribution in [-0.4, -0.2) is 32.5 Å². The molecule has 0 bridgehead atoms. The van der Waals surface area contributed by atoms with Gasteiger partial charge in [-0.3, -0.25) is 9.78 Å². The van der Waals surface area contributed by atoms with Crippen molar-refractivity contribution >= 4 is 40.2 Å². The molecule has 2 atom stereocenters. The number of ether oxygens (including phenoxy) is 2. The number of para-hydroxylation sites is 1. The fraction of sp³-hybridized carbons (Fsp3) is 0.220. The number of benzene rings is 4. The Kier molecular flexibility index (Phi) is 9.65. The van der Waals surface area contributed by atoms with Crippen molar-refractivity contribution in [1.82, 2.24) is 9.55 Å². The van der Waals surface area contributed by atoms with Gasteiger partial charge < -0.3 is 19.1 Å². The molecule has 6 nitrogen and oxygen atoms in total. The molecule has 1 N–H and O–H groups in total. The quantitative estimate of drug-likeness (QED) is 0.138. The van der Waals surface area contributed by atoms with Crippen LogP contribution in [0, 0.1) is 0 Å². The molecule has 8 heteroatoms. The lowest BCUT2D eigenvalue weighted by atomic mass is 10.0. The van der Waals surface area contributed by atoms with E-state index in [-0.39, 0.29) is 0 Å². The van der Waals surface area contributed by atoms with Crippen LogP contribution >= 0.6 is 23.4 Å². The highest BCUT2D eigenvalue weighted by Gasteiger charge is 2.29. The zero-order chi connectivity index (χ0) is 33.9. The molecular formula is C41H37ClN2O4S. The number of pyridine rings is 1. The Balaban J connectivity index is 1.20. The van der Waals surface area contributed by atoms with Gasteiger partial charge in [0, 0.05) is 62.1 Å². The second kappa shape index (κ2) is 14.4. The van der Waals surface area contributed by atoms with Gasteiger partial charge in [-0.05, 0) is 60.9 Å². The van der Waals surface area contributed by atoms with Gasteiger partial charge in [0.15, 0.2) is 0 Å². The van der Waals surface area contributed by atoms with Crippen molar-refractivity contribution in [3.63, 3.8) is 0 Å². The predicted octanol–water partition coefficient (Wildman–Crippen LogP) is 9.83. The summed E-state index contributed by atoms with van der Waals surface area (Å²) in [7, 11) is 0. The average Bonchev–Trinajstić information content (AvgIpc) is 3.41. The van der Waals surface area contributed by atoms with Crippen molar-refractivity contribution in [3.8, 4) is 22.6 Å². The predicted molar refractivity (Wildman–Crippen MR) is 197 cm³/mol. The summed E-state index contributed by atoms with van der Waals surface area (Å²) in [6.45, 7) is 5.42. The molecule has 3 heterocycles. The Labute approximate surface area is 295 Å². The van der Waals surface area contributed by atoms with Crippen LogP contribution in [-0.2, 0) is 30.8 Å². The van der Waals surface area contributed by atoms with E-state index in [2.05, 4.69) is 54.0 Å². The monoisotopic (exact) mass is 688 g/mol. The molecule has 0 spiro atoms. The van der Waals surface area contributed by atoms with Gasteiger partial charge in [0.1, 0.15) is 18.1 Å². The molecule has 1 aliphatic heterocycles. The smallest absolute Gasteiger partial charge is 0.310 e. The molecule has 0 saturated heterocycles. The molecule has 248 valence electrons. The first-order valence-corrected chi connectivity index (χ1v) is 17.8. The van der Waals surface area contributed by atoms with Gasteiger partial charge in [0.25, 0.3) is 0 Å². The molecule has 1 aliphatic rings. The summed E-state index contributed by atoms with van der Waals surface area (Å²) in [4.78, 5) is 17.7. The number of thioether (sulfide) groups is 1. The summed E-state index contributed by atoms with van der Waals surface area (Å²) >= 11 is 8.14. The maximum absolute atomic E-state index is 11.8. The van der Waals surface area contributed by atoms with Crippen LogP contribution in [0.3, 0.4) is 0 Å². The van der Waals surface area contributed by atoms with Crippen molar-refractivity contribution in [3.05, 3.63) is 142 Å². The van der Waals surface area contributed by atoms with E-state index in [9.17, 15) is 9.90 Å². The minimum absolute atomic E-state index is 0.354. The Morgan fingerprint density at radius 3 is 2.47 bits per heavy atom. The zero-order valence-electron chi connectivity index (χ0n) is 27.4. The lowest BCUT2D eigenvalue weighted by molar-refractivity contribution is -0.138. The lowest BCUT2D eigenvalue weighted by Crippen LogP contribution is -2.13. The number of hydrogen-bond acceptors (Lipinski definition) is 5. The summed E-state index contributed by atoms with van der Waals surface area (Å²) in [6.07, 6.45) is 3.45. The third-order valence-electron chi connectivity index (χ3n) is 9.08. The van der Waals surface area contributed by atoms with Gasteiger partial charge in [-0.2, -0.15) is 0 Å². The van der Waals surface area contributed by atoms with E-state index in [1.165, 1.54) is 21.5 Å². The highest BCUT2D eigenvalue weighted by molar-refractivity contribution is 8.00. The summed E-state index contributed by atoms with van der Waals surface area (Å²) in [5, 5.41) is 12.0. The molecule has 4 aromatic carbocycles. The van der Waals surface area contributed by atoms with Crippen LogP contribution < -0.4 is 9.47 Å². The third kappa shape index (κ3) is 7.05. The maximum atomic E-state index is 11.8. The third-order valence-corrected chi connectivity index (χ3v) is 10.6. The van der Waals surface area contributed by atoms with Gasteiger partial charge in [-0.25, -0.2) is 0 Å². The van der Waals surface area contributed by atoms with Gasteiger partial charge in [-0.15, -0.1) is 11.8 Å². The number of aliphatic carboxylic acids is 1. The number of carboxylic acid groups (broad SMARTS) is 1. The van der Waals surface area contributed by atoms with Crippen LogP contribution in [0.15, 0.2) is 114 Å². The van der Waals surface area contributed by atoms with Crippen molar-refractivity contribution in [2.24, 2.45) is 0 Å². The van der Waals surface area contributed by atoms with Crippen LogP contribution in [0.4, 0.5) is 0 Å². The molecule has 0 aliphatic carbocycles. The Bertz CT molecular complexity index is 2100. The first-order valence-electron chi connectivity index (χ1n) is 16.5. The van der Waals surface area contributed by atoms with Gasteiger partial charge in [0.05, 0.1) is 23.7 Å². The number of hydrogen-bond donors (Lipinski definition) is 1. The highest BCUT2D eigenvalue weighted by Crippen LogP contribution is 2.47. The summed E-state index contributed by atoms with van der Waals surface area (Å²) in [5.41, 5.74) is 8.50. The zero-order valence-corrected chi connectivity index (χ0v) is 29.0. The van der Waals surface area contributed by atoms with Crippen LogP contribution in [0.5, 0.6) is 11.5 Å². The molecule has 0 saturated carbocycles. The Morgan fingerprint density at radius 2 is 1.71 bits per heavy atom. The number of halogens is 1. The van der Waals surface area contributed by atoms with E-state index in [1.807, 2.05) is 78.6 Å². The van der Waals surface area contributed by atoms with Crippen molar-refractivity contribution < 1.29 is 19.4 Å². The van der Waals surface area contributed by atoms with E-state index < -0.39 is 11.9 Å². The number of nitrogens with zero attached hydrogens (tertiary/aromatic N) is 2. The average molecular weight is 689 g/mol. The van der Waals surface area contributed by atoms with E-state index in [4.69, 9.17) is 26.1 Å². The molecule has 6 aromatic rings. The number of carbonyl (C=O) groups is 1. The van der Waals surface area contributed by atoms with Crippen LogP contribution in [0.1, 0.15) is 47.8 Å². The fourth-order valence-electron chi connectivity index (χ4n) is 6.53. The van der Waals surface area contributed by atoms with Gasteiger partial charge in [0.2, 0.25) is 0 Å². The summed E-state index contributed by atoms with van der Waals surface area (Å²) in [6, 6.07) is 34.1. The molecular weight excluding hydrogens is 652 g/mol. The van der Waals surface area contributed by atoms with E-state index in [1.54, 1.807) is 6.92 Å². The Hall–Kier alpha value is -4.72. The van der Waals surface area contributed by atoms with Crippen molar-refractivity contribution in [1.29, 1.82) is 0 Å². The first-order chi connectivity index (χ1) is 23.9. The highest BCUT2D eigenvalue weighted by atomic mass is 35.5. The van der Waals surface area contributed by atoms with E-state index in [0.717, 1.165) is 40.1 Å². The minimum Gasteiger partial charge on any atom is -0.493 e.